The number of halogens is 1. The van der Waals surface area contributed by atoms with Crippen LogP contribution < -0.4 is 4.74 Å². The lowest BCUT2D eigenvalue weighted by Gasteiger charge is -2.30. The second kappa shape index (κ2) is 6.96. The third kappa shape index (κ3) is 4.32. The molecule has 0 spiro atoms. The molecule has 7 heteroatoms. The number of sulfonamides is 1. The van der Waals surface area contributed by atoms with Gasteiger partial charge < -0.3 is 9.84 Å². The van der Waals surface area contributed by atoms with Gasteiger partial charge in [0, 0.05) is 29.6 Å². The number of ether oxygens (including phenoxy) is 1. The Morgan fingerprint density at radius 3 is 2.90 bits per heavy atom. The first-order valence-corrected chi connectivity index (χ1v) is 9.10. The molecule has 1 aromatic carbocycles. The quantitative estimate of drug-likeness (QED) is 0.893. The first-order valence-electron chi connectivity index (χ1n) is 6.88. The van der Waals surface area contributed by atoms with E-state index in [-0.39, 0.29) is 12.5 Å². The molecule has 118 valence electrons. The zero-order valence-corrected chi connectivity index (χ0v) is 13.5. The van der Waals surface area contributed by atoms with Crippen LogP contribution in [-0.2, 0) is 16.6 Å². The number of aliphatic hydroxyl groups excluding tert-OH is 1. The maximum Gasteiger partial charge on any atom is 0.211 e. The van der Waals surface area contributed by atoms with Gasteiger partial charge in [0.05, 0.1) is 19.5 Å². The molecule has 1 N–H and O–H groups in total. The summed E-state index contributed by atoms with van der Waals surface area (Å²) in [5.74, 6) is 0.709. The summed E-state index contributed by atoms with van der Waals surface area (Å²) in [5.41, 5.74) is 0.565. The summed E-state index contributed by atoms with van der Waals surface area (Å²) in [7, 11) is -3.14. The number of piperidine rings is 1. The zero-order valence-electron chi connectivity index (χ0n) is 12.0. The topological polar surface area (TPSA) is 66.8 Å². The molecule has 0 amide bonds. The summed E-state index contributed by atoms with van der Waals surface area (Å²) in [6.45, 7) is 1.29. The maximum atomic E-state index is 11.6. The summed E-state index contributed by atoms with van der Waals surface area (Å²) in [6.07, 6.45) is 3.00. The third-order valence-corrected chi connectivity index (χ3v) is 5.28. The predicted octanol–water partition coefficient (Wildman–Crippen LogP) is 1.88. The molecule has 0 bridgehead atoms. The SMILES string of the molecule is CS(=O)(=O)N1CCCC(COc2cccc(Cl)c2CO)C1. The molecule has 1 atom stereocenters. The van der Waals surface area contributed by atoms with Crippen molar-refractivity contribution in [2.75, 3.05) is 26.0 Å². The van der Waals surface area contributed by atoms with E-state index in [1.807, 2.05) is 0 Å². The summed E-state index contributed by atoms with van der Waals surface area (Å²) in [5, 5.41) is 9.80. The van der Waals surface area contributed by atoms with E-state index in [9.17, 15) is 13.5 Å². The molecule has 0 aromatic heterocycles. The highest BCUT2D eigenvalue weighted by Gasteiger charge is 2.26. The van der Waals surface area contributed by atoms with Crippen molar-refractivity contribution in [3.05, 3.63) is 28.8 Å². The first kappa shape index (κ1) is 16.5. The van der Waals surface area contributed by atoms with Crippen LogP contribution in [0.2, 0.25) is 5.02 Å². The van der Waals surface area contributed by atoms with Gasteiger partial charge in [-0.15, -0.1) is 0 Å². The van der Waals surface area contributed by atoms with Crippen LogP contribution in [0.1, 0.15) is 18.4 Å². The lowest BCUT2D eigenvalue weighted by Crippen LogP contribution is -2.40. The Kier molecular flexibility index (Phi) is 5.48. The Bertz CT molecular complexity index is 591. The molecule has 0 saturated carbocycles. The number of hydrogen-bond donors (Lipinski definition) is 1. The molecule has 1 heterocycles. The number of aliphatic hydroxyl groups is 1. The van der Waals surface area contributed by atoms with E-state index in [0.717, 1.165) is 12.8 Å². The van der Waals surface area contributed by atoms with Crippen molar-refractivity contribution in [1.82, 2.24) is 4.31 Å². The summed E-state index contributed by atoms with van der Waals surface area (Å²) in [4.78, 5) is 0. The lowest BCUT2D eigenvalue weighted by atomic mass is 10.0. The fourth-order valence-corrected chi connectivity index (χ4v) is 3.67. The fourth-order valence-electron chi connectivity index (χ4n) is 2.50. The molecule has 2 rings (SSSR count). The summed E-state index contributed by atoms with van der Waals surface area (Å²) >= 11 is 6.01. The van der Waals surface area contributed by atoms with Gasteiger partial charge in [0.2, 0.25) is 10.0 Å². The van der Waals surface area contributed by atoms with Gasteiger partial charge in [0.25, 0.3) is 0 Å². The highest BCUT2D eigenvalue weighted by molar-refractivity contribution is 7.88. The van der Waals surface area contributed by atoms with Crippen molar-refractivity contribution >= 4 is 21.6 Å². The molecule has 1 aliphatic rings. The van der Waals surface area contributed by atoms with Gasteiger partial charge in [-0.25, -0.2) is 12.7 Å². The van der Waals surface area contributed by atoms with E-state index in [1.54, 1.807) is 18.2 Å². The second-order valence-corrected chi connectivity index (χ2v) is 7.70. The highest BCUT2D eigenvalue weighted by atomic mass is 35.5. The molecular formula is C14H20ClNO4S. The summed E-state index contributed by atoms with van der Waals surface area (Å²) in [6, 6.07) is 5.22. The minimum absolute atomic E-state index is 0.152. The van der Waals surface area contributed by atoms with E-state index in [0.29, 0.717) is 36.0 Å². The van der Waals surface area contributed by atoms with Crippen LogP contribution in [-0.4, -0.2) is 43.8 Å². The molecule has 1 aliphatic heterocycles. The van der Waals surface area contributed by atoms with E-state index in [1.165, 1.54) is 10.6 Å². The van der Waals surface area contributed by atoms with Crippen molar-refractivity contribution in [2.24, 2.45) is 5.92 Å². The fraction of sp³-hybridized carbons (Fsp3) is 0.571. The van der Waals surface area contributed by atoms with Crippen LogP contribution in [0.5, 0.6) is 5.75 Å². The van der Waals surface area contributed by atoms with Crippen LogP contribution in [0.4, 0.5) is 0 Å². The van der Waals surface area contributed by atoms with Crippen LogP contribution in [0.3, 0.4) is 0 Å². The van der Waals surface area contributed by atoms with Gasteiger partial charge in [-0.3, -0.25) is 0 Å². The monoisotopic (exact) mass is 333 g/mol. The molecule has 21 heavy (non-hydrogen) atoms. The molecular weight excluding hydrogens is 314 g/mol. The molecule has 1 fully saturated rings. The Labute approximate surface area is 130 Å². The Morgan fingerprint density at radius 2 is 2.24 bits per heavy atom. The number of benzene rings is 1. The van der Waals surface area contributed by atoms with Gasteiger partial charge >= 0.3 is 0 Å². The van der Waals surface area contributed by atoms with E-state index >= 15 is 0 Å². The Hall–Kier alpha value is -0.820. The van der Waals surface area contributed by atoms with Gasteiger partial charge in [-0.05, 0) is 25.0 Å². The summed E-state index contributed by atoms with van der Waals surface area (Å²) < 4.78 is 30.4. The van der Waals surface area contributed by atoms with E-state index in [2.05, 4.69) is 0 Å². The smallest absolute Gasteiger partial charge is 0.211 e. The van der Waals surface area contributed by atoms with Gasteiger partial charge in [-0.1, -0.05) is 17.7 Å². The van der Waals surface area contributed by atoms with Crippen molar-refractivity contribution in [3.63, 3.8) is 0 Å². The predicted molar refractivity (Wildman–Crippen MR) is 82.0 cm³/mol. The lowest BCUT2D eigenvalue weighted by molar-refractivity contribution is 0.176. The van der Waals surface area contributed by atoms with Crippen molar-refractivity contribution in [2.45, 2.75) is 19.4 Å². The molecule has 1 aromatic rings. The number of nitrogens with zero attached hydrogens (tertiary/aromatic N) is 1. The molecule has 5 nitrogen and oxygen atoms in total. The highest BCUT2D eigenvalue weighted by Crippen LogP contribution is 2.27. The third-order valence-electron chi connectivity index (χ3n) is 3.66. The minimum Gasteiger partial charge on any atom is -0.493 e. The molecule has 0 aliphatic carbocycles. The standard InChI is InChI=1S/C14H20ClNO4S/c1-21(18,19)16-7-3-4-11(8-16)10-20-14-6-2-5-13(15)12(14)9-17/h2,5-6,11,17H,3-4,7-10H2,1H3. The van der Waals surface area contributed by atoms with Crippen molar-refractivity contribution in [3.8, 4) is 5.75 Å². The molecule has 1 unspecified atom stereocenters. The van der Waals surface area contributed by atoms with E-state index in [4.69, 9.17) is 16.3 Å². The Balaban J connectivity index is 1.99. The van der Waals surface area contributed by atoms with Crippen LogP contribution in [0.25, 0.3) is 0 Å². The average molecular weight is 334 g/mol. The maximum absolute atomic E-state index is 11.6. The first-order chi connectivity index (χ1) is 9.91. The van der Waals surface area contributed by atoms with Gasteiger partial charge in [0.1, 0.15) is 5.75 Å². The van der Waals surface area contributed by atoms with Crippen molar-refractivity contribution < 1.29 is 18.3 Å². The van der Waals surface area contributed by atoms with Gasteiger partial charge in [0.15, 0.2) is 0 Å². The van der Waals surface area contributed by atoms with Gasteiger partial charge in [-0.2, -0.15) is 0 Å². The van der Waals surface area contributed by atoms with E-state index < -0.39 is 10.0 Å². The number of hydrogen-bond acceptors (Lipinski definition) is 4. The van der Waals surface area contributed by atoms with Crippen molar-refractivity contribution in [1.29, 1.82) is 0 Å². The Morgan fingerprint density at radius 1 is 1.48 bits per heavy atom. The zero-order chi connectivity index (χ0) is 15.5. The normalized spacial score (nSPS) is 20.4. The minimum atomic E-state index is -3.14. The van der Waals surface area contributed by atoms with Crippen LogP contribution >= 0.6 is 11.6 Å². The second-order valence-electron chi connectivity index (χ2n) is 5.31. The molecule has 0 radical (unpaired) electrons. The average Bonchev–Trinajstić information content (AvgIpc) is 2.44. The van der Waals surface area contributed by atoms with Crippen LogP contribution in [0.15, 0.2) is 18.2 Å². The number of rotatable bonds is 5. The largest absolute Gasteiger partial charge is 0.493 e. The molecule has 1 saturated heterocycles. The van der Waals surface area contributed by atoms with Crippen LogP contribution in [0, 0.1) is 5.92 Å².